The summed E-state index contributed by atoms with van der Waals surface area (Å²) in [6.07, 6.45) is 2.35. The number of hydrogen-bond donors (Lipinski definition) is 1. The van der Waals surface area contributed by atoms with E-state index in [0.29, 0.717) is 23.7 Å². The fourth-order valence-electron chi connectivity index (χ4n) is 2.46. The van der Waals surface area contributed by atoms with Gasteiger partial charge in [-0.05, 0) is 36.2 Å². The molecule has 1 aromatic heterocycles. The molecular formula is C18H17NO5. The maximum Gasteiger partial charge on any atom is 0.296 e. The van der Waals surface area contributed by atoms with E-state index >= 15 is 0 Å². The first-order valence-electron chi connectivity index (χ1n) is 7.67. The molecule has 0 atom stereocenters. The summed E-state index contributed by atoms with van der Waals surface area (Å²) in [7, 11) is 0. The minimum Gasteiger partial charge on any atom is -0.502 e. The number of aliphatic hydroxyl groups excluding tert-OH is 1. The number of imide groups is 1. The van der Waals surface area contributed by atoms with Gasteiger partial charge in [0.15, 0.2) is 5.76 Å². The van der Waals surface area contributed by atoms with E-state index in [9.17, 15) is 14.7 Å². The number of aliphatic hydroxyl groups is 1. The van der Waals surface area contributed by atoms with Crippen molar-refractivity contribution in [2.45, 2.75) is 19.9 Å². The van der Waals surface area contributed by atoms with Crippen LogP contribution in [0.25, 0.3) is 5.57 Å². The first-order valence-corrected chi connectivity index (χ1v) is 7.67. The Bertz CT molecular complexity index is 774. The van der Waals surface area contributed by atoms with Crippen LogP contribution in [0.4, 0.5) is 0 Å². The van der Waals surface area contributed by atoms with Gasteiger partial charge in [-0.1, -0.05) is 19.1 Å². The third-order valence-electron chi connectivity index (χ3n) is 3.65. The fraction of sp³-hybridized carbons (Fsp3) is 0.222. The number of carbonyl (C=O) groups excluding carboxylic acids is 2. The van der Waals surface area contributed by atoms with Crippen molar-refractivity contribution in [2.24, 2.45) is 0 Å². The summed E-state index contributed by atoms with van der Waals surface area (Å²) in [5.74, 6) is -0.679. The van der Waals surface area contributed by atoms with Gasteiger partial charge < -0.3 is 14.3 Å². The molecule has 1 aromatic carbocycles. The maximum absolute atomic E-state index is 12.5. The van der Waals surface area contributed by atoms with Crippen LogP contribution in [-0.2, 0) is 16.1 Å². The van der Waals surface area contributed by atoms with Gasteiger partial charge in [0.2, 0.25) is 0 Å². The van der Waals surface area contributed by atoms with E-state index in [2.05, 4.69) is 0 Å². The monoisotopic (exact) mass is 327 g/mol. The molecule has 0 unspecified atom stereocenters. The molecule has 0 radical (unpaired) electrons. The minimum absolute atomic E-state index is 0.00593. The van der Waals surface area contributed by atoms with Crippen LogP contribution in [0.3, 0.4) is 0 Å². The van der Waals surface area contributed by atoms with Gasteiger partial charge in [0.25, 0.3) is 11.8 Å². The zero-order valence-electron chi connectivity index (χ0n) is 13.2. The lowest BCUT2D eigenvalue weighted by Crippen LogP contribution is -2.30. The molecule has 0 bridgehead atoms. The van der Waals surface area contributed by atoms with E-state index in [1.54, 1.807) is 36.4 Å². The van der Waals surface area contributed by atoms with Crippen molar-refractivity contribution in [3.8, 4) is 5.75 Å². The fourth-order valence-corrected chi connectivity index (χ4v) is 2.46. The van der Waals surface area contributed by atoms with Crippen LogP contribution in [0, 0.1) is 0 Å². The smallest absolute Gasteiger partial charge is 0.296 e. The first kappa shape index (κ1) is 15.9. The highest BCUT2D eigenvalue weighted by atomic mass is 16.5. The van der Waals surface area contributed by atoms with Gasteiger partial charge >= 0.3 is 0 Å². The standard InChI is InChI=1S/C18H17NO5/c1-2-9-23-13-7-5-12(6-8-13)15-16(20)18(22)19(17(15)21)11-14-4-3-10-24-14/h3-8,10,20H,2,9,11H2,1H3. The average Bonchev–Trinajstić information content (AvgIpc) is 3.17. The number of benzene rings is 1. The van der Waals surface area contributed by atoms with E-state index in [1.165, 1.54) is 6.26 Å². The molecule has 1 aliphatic rings. The zero-order chi connectivity index (χ0) is 17.1. The Labute approximate surface area is 138 Å². The molecule has 2 heterocycles. The largest absolute Gasteiger partial charge is 0.502 e. The summed E-state index contributed by atoms with van der Waals surface area (Å²) in [5.41, 5.74) is 0.463. The molecule has 0 saturated heterocycles. The molecule has 0 aliphatic carbocycles. The predicted octanol–water partition coefficient (Wildman–Crippen LogP) is 2.91. The summed E-state index contributed by atoms with van der Waals surface area (Å²) < 4.78 is 10.6. The minimum atomic E-state index is -0.724. The molecule has 1 aliphatic heterocycles. The van der Waals surface area contributed by atoms with E-state index in [4.69, 9.17) is 9.15 Å². The highest BCUT2D eigenvalue weighted by molar-refractivity contribution is 6.34. The van der Waals surface area contributed by atoms with Gasteiger partial charge in [0.1, 0.15) is 11.5 Å². The second-order valence-corrected chi connectivity index (χ2v) is 5.37. The molecule has 3 rings (SSSR count). The summed E-state index contributed by atoms with van der Waals surface area (Å²) in [6.45, 7) is 2.59. The molecule has 24 heavy (non-hydrogen) atoms. The van der Waals surface area contributed by atoms with Gasteiger partial charge in [-0.2, -0.15) is 0 Å². The van der Waals surface area contributed by atoms with E-state index in [0.717, 1.165) is 11.3 Å². The van der Waals surface area contributed by atoms with Crippen LogP contribution >= 0.6 is 0 Å². The molecule has 0 fully saturated rings. The number of amides is 2. The van der Waals surface area contributed by atoms with Crippen molar-refractivity contribution in [1.29, 1.82) is 0 Å². The Morgan fingerprint density at radius 1 is 1.12 bits per heavy atom. The average molecular weight is 327 g/mol. The Kier molecular flexibility index (Phi) is 4.37. The van der Waals surface area contributed by atoms with E-state index < -0.39 is 17.6 Å². The summed E-state index contributed by atoms with van der Waals surface area (Å²) in [6, 6.07) is 10.0. The van der Waals surface area contributed by atoms with Crippen molar-refractivity contribution in [3.05, 3.63) is 59.7 Å². The van der Waals surface area contributed by atoms with Crippen LogP contribution in [0.5, 0.6) is 5.75 Å². The Morgan fingerprint density at radius 2 is 1.88 bits per heavy atom. The first-order chi connectivity index (χ1) is 11.6. The molecule has 2 amide bonds. The SMILES string of the molecule is CCCOc1ccc(C2=C(O)C(=O)N(Cc3ccco3)C2=O)cc1. The van der Waals surface area contributed by atoms with Gasteiger partial charge in [0.05, 0.1) is 25.0 Å². The third-order valence-corrected chi connectivity index (χ3v) is 3.65. The van der Waals surface area contributed by atoms with Crippen LogP contribution in [-0.4, -0.2) is 28.4 Å². The topological polar surface area (TPSA) is 80.0 Å². The number of carbonyl (C=O) groups is 2. The molecule has 6 heteroatoms. The van der Waals surface area contributed by atoms with Crippen LogP contribution < -0.4 is 4.74 Å². The Hall–Kier alpha value is -3.02. The van der Waals surface area contributed by atoms with E-state index in [1.807, 2.05) is 6.92 Å². The number of nitrogens with zero attached hydrogens (tertiary/aromatic N) is 1. The summed E-state index contributed by atoms with van der Waals surface area (Å²) in [5, 5.41) is 10.1. The van der Waals surface area contributed by atoms with Gasteiger partial charge in [0, 0.05) is 0 Å². The van der Waals surface area contributed by atoms with Gasteiger partial charge in [-0.3, -0.25) is 14.5 Å². The summed E-state index contributed by atoms with van der Waals surface area (Å²) in [4.78, 5) is 25.7. The summed E-state index contributed by atoms with van der Waals surface area (Å²) >= 11 is 0. The highest BCUT2D eigenvalue weighted by Crippen LogP contribution is 2.30. The predicted molar refractivity (Wildman–Crippen MR) is 86.0 cm³/mol. The molecule has 124 valence electrons. The van der Waals surface area contributed by atoms with Crippen molar-refractivity contribution >= 4 is 17.4 Å². The molecule has 2 aromatic rings. The lowest BCUT2D eigenvalue weighted by molar-refractivity contribution is -0.139. The second kappa shape index (κ2) is 6.62. The van der Waals surface area contributed by atoms with Crippen LogP contribution in [0.1, 0.15) is 24.7 Å². The van der Waals surface area contributed by atoms with Crippen LogP contribution in [0.2, 0.25) is 0 Å². The van der Waals surface area contributed by atoms with Crippen molar-refractivity contribution in [1.82, 2.24) is 4.90 Å². The molecule has 0 saturated carbocycles. The Balaban J connectivity index is 1.82. The lowest BCUT2D eigenvalue weighted by Gasteiger charge is -2.12. The quantitative estimate of drug-likeness (QED) is 0.825. The number of hydrogen-bond acceptors (Lipinski definition) is 5. The molecule has 1 N–H and O–H groups in total. The van der Waals surface area contributed by atoms with Gasteiger partial charge in [-0.15, -0.1) is 0 Å². The normalized spacial score (nSPS) is 14.6. The number of rotatable bonds is 6. The molecule has 0 spiro atoms. The molecular weight excluding hydrogens is 310 g/mol. The van der Waals surface area contributed by atoms with Crippen LogP contribution in [0.15, 0.2) is 52.8 Å². The van der Waals surface area contributed by atoms with Crippen molar-refractivity contribution in [3.63, 3.8) is 0 Å². The lowest BCUT2D eigenvalue weighted by atomic mass is 10.1. The van der Waals surface area contributed by atoms with Crippen molar-refractivity contribution < 1.29 is 23.8 Å². The second-order valence-electron chi connectivity index (χ2n) is 5.37. The number of furan rings is 1. The van der Waals surface area contributed by atoms with Gasteiger partial charge in [-0.25, -0.2) is 0 Å². The van der Waals surface area contributed by atoms with Crippen molar-refractivity contribution in [2.75, 3.05) is 6.61 Å². The third kappa shape index (κ3) is 2.90. The highest BCUT2D eigenvalue weighted by Gasteiger charge is 2.39. The van der Waals surface area contributed by atoms with E-state index in [-0.39, 0.29) is 12.1 Å². The Morgan fingerprint density at radius 3 is 2.50 bits per heavy atom. The zero-order valence-corrected chi connectivity index (χ0v) is 13.2. The number of ether oxygens (including phenoxy) is 1. The molecule has 6 nitrogen and oxygen atoms in total. The maximum atomic E-state index is 12.5.